The number of carbonyl (C=O) groups excluding carboxylic acids is 1. The molecule has 1 N–H and O–H groups in total. The molecule has 2 atom stereocenters. The van der Waals surface area contributed by atoms with Gasteiger partial charge in [0.1, 0.15) is 24.5 Å². The fourth-order valence-corrected chi connectivity index (χ4v) is 6.38. The Labute approximate surface area is 247 Å². The average molecular weight is 594 g/mol. The Bertz CT molecular complexity index is 1570. The first kappa shape index (κ1) is 29.9. The molecule has 0 bridgehead atoms. The van der Waals surface area contributed by atoms with E-state index in [0.717, 1.165) is 54.3 Å². The van der Waals surface area contributed by atoms with Gasteiger partial charge in [-0.2, -0.15) is 5.26 Å². The van der Waals surface area contributed by atoms with Crippen LogP contribution in [0.15, 0.2) is 42.5 Å². The maximum Gasteiger partial charge on any atom is 0.411 e. The molecular weight excluding hydrogens is 554 g/mol. The predicted octanol–water partition coefficient (Wildman–Crippen LogP) is 6.47. The van der Waals surface area contributed by atoms with E-state index in [4.69, 9.17) is 14.2 Å². The van der Waals surface area contributed by atoms with Crippen molar-refractivity contribution in [2.75, 3.05) is 30.9 Å². The van der Waals surface area contributed by atoms with Gasteiger partial charge in [-0.15, -0.1) is 0 Å². The van der Waals surface area contributed by atoms with Crippen molar-refractivity contribution in [3.8, 4) is 23.1 Å². The molecule has 2 unspecified atom stereocenters. The van der Waals surface area contributed by atoms with Crippen LogP contribution in [-0.2, 0) is 19.3 Å². The Kier molecular flexibility index (Phi) is 9.09. The third-order valence-electron chi connectivity index (χ3n) is 8.32. The van der Waals surface area contributed by atoms with Crippen molar-refractivity contribution in [3.63, 3.8) is 0 Å². The summed E-state index contributed by atoms with van der Waals surface area (Å²) in [7, 11) is -3.36. The molecule has 9 nitrogen and oxygen atoms in total. The molecule has 2 saturated carbocycles. The number of amides is 1. The monoisotopic (exact) mass is 593 g/mol. The molecule has 42 heavy (non-hydrogen) atoms. The molecule has 3 aromatic rings. The molecule has 2 aromatic carbocycles. The number of nitrogens with zero attached hydrogens (tertiary/aromatic N) is 2. The Hall–Kier alpha value is -3.55. The number of hydrogen-bond donors (Lipinski definition) is 1. The third-order valence-corrected chi connectivity index (χ3v) is 10.4. The van der Waals surface area contributed by atoms with Gasteiger partial charge in [-0.05, 0) is 88.6 Å². The van der Waals surface area contributed by atoms with Crippen molar-refractivity contribution >= 4 is 32.5 Å². The van der Waals surface area contributed by atoms with Gasteiger partial charge in [0.2, 0.25) is 0 Å². The SMILES string of the molecule is CCOCC(C)S(=O)(=O)CCOc1ccc2c(C#N)c(-c3ccc(NC(=O)OC(C)C4CC4)cc3)n(C3CCC3)c2c1. The molecule has 0 saturated heterocycles. The van der Waals surface area contributed by atoms with E-state index in [1.54, 1.807) is 13.0 Å². The topological polar surface area (TPSA) is 120 Å². The maximum atomic E-state index is 12.6. The first-order valence-corrected chi connectivity index (χ1v) is 16.5. The predicted molar refractivity (Wildman–Crippen MR) is 163 cm³/mol. The standard InChI is InChI=1S/C32H39N3O6S/c1-4-39-20-21(2)42(37,38)17-16-40-27-14-15-28-29(19-33)31(35(30(28)18-27)26-6-5-7-26)24-10-12-25(13-11-24)34-32(36)41-22(3)23-8-9-23/h10-15,18,21-23,26H,4-9,16-17,20H2,1-3H3,(H,34,36). The van der Waals surface area contributed by atoms with Crippen LogP contribution in [0.25, 0.3) is 22.2 Å². The van der Waals surface area contributed by atoms with Crippen molar-refractivity contribution in [3.05, 3.63) is 48.0 Å². The van der Waals surface area contributed by atoms with Gasteiger partial charge in [0.25, 0.3) is 0 Å². The number of sulfone groups is 1. The smallest absolute Gasteiger partial charge is 0.411 e. The quantitative estimate of drug-likeness (QED) is 0.241. The lowest BCUT2D eigenvalue weighted by Crippen LogP contribution is -2.28. The minimum Gasteiger partial charge on any atom is -0.492 e. The van der Waals surface area contributed by atoms with Crippen LogP contribution in [-0.4, -0.2) is 56.0 Å². The van der Waals surface area contributed by atoms with Crippen molar-refractivity contribution in [2.24, 2.45) is 5.92 Å². The second-order valence-corrected chi connectivity index (χ2v) is 13.8. The lowest BCUT2D eigenvalue weighted by atomic mass is 9.92. The number of nitriles is 1. The number of ether oxygens (including phenoxy) is 3. The van der Waals surface area contributed by atoms with Crippen molar-refractivity contribution < 1.29 is 27.4 Å². The first-order chi connectivity index (χ1) is 20.2. The maximum absolute atomic E-state index is 12.6. The number of anilines is 1. The van der Waals surface area contributed by atoms with Crippen LogP contribution >= 0.6 is 0 Å². The summed E-state index contributed by atoms with van der Waals surface area (Å²) in [4.78, 5) is 12.3. The van der Waals surface area contributed by atoms with Crippen LogP contribution in [0.5, 0.6) is 5.75 Å². The zero-order chi connectivity index (χ0) is 29.9. The van der Waals surface area contributed by atoms with Gasteiger partial charge in [-0.1, -0.05) is 12.1 Å². The lowest BCUT2D eigenvalue weighted by Gasteiger charge is -2.30. The highest BCUT2D eigenvalue weighted by atomic mass is 32.2. The minimum absolute atomic E-state index is 0.0305. The van der Waals surface area contributed by atoms with Gasteiger partial charge in [0, 0.05) is 29.8 Å². The summed E-state index contributed by atoms with van der Waals surface area (Å²) >= 11 is 0. The summed E-state index contributed by atoms with van der Waals surface area (Å²) in [6, 6.07) is 15.7. The number of fused-ring (bicyclic) bond motifs is 1. The van der Waals surface area contributed by atoms with E-state index in [-0.39, 0.29) is 31.1 Å². The van der Waals surface area contributed by atoms with Crippen LogP contribution in [0.4, 0.5) is 10.5 Å². The van der Waals surface area contributed by atoms with Gasteiger partial charge in [-0.3, -0.25) is 5.32 Å². The van der Waals surface area contributed by atoms with Crippen LogP contribution in [0.2, 0.25) is 0 Å². The molecule has 2 aliphatic carbocycles. The van der Waals surface area contributed by atoms with Gasteiger partial charge in [-0.25, -0.2) is 13.2 Å². The second-order valence-electron chi connectivity index (χ2n) is 11.3. The summed E-state index contributed by atoms with van der Waals surface area (Å²) in [5.74, 6) is 0.914. The summed E-state index contributed by atoms with van der Waals surface area (Å²) in [6.45, 7) is 6.08. The average Bonchev–Trinajstić information content (AvgIpc) is 3.75. The van der Waals surface area contributed by atoms with E-state index >= 15 is 0 Å². The molecular formula is C32H39N3O6S. The highest BCUT2D eigenvalue weighted by Gasteiger charge is 2.31. The number of carbonyl (C=O) groups is 1. The second kappa shape index (κ2) is 12.8. The van der Waals surface area contributed by atoms with E-state index in [1.165, 1.54) is 0 Å². The summed E-state index contributed by atoms with van der Waals surface area (Å²) < 4.78 is 44.1. The molecule has 0 aliphatic heterocycles. The van der Waals surface area contributed by atoms with E-state index in [1.807, 2.05) is 50.2 Å². The van der Waals surface area contributed by atoms with Crippen LogP contribution in [0.3, 0.4) is 0 Å². The van der Waals surface area contributed by atoms with Gasteiger partial charge < -0.3 is 18.8 Å². The zero-order valence-corrected chi connectivity index (χ0v) is 25.3. The van der Waals surface area contributed by atoms with E-state index in [0.29, 0.717) is 29.5 Å². The molecule has 0 spiro atoms. The third kappa shape index (κ3) is 6.58. The summed E-state index contributed by atoms with van der Waals surface area (Å²) in [5.41, 5.74) is 3.79. The molecule has 10 heteroatoms. The molecule has 2 fully saturated rings. The highest BCUT2D eigenvalue weighted by Crippen LogP contribution is 2.43. The van der Waals surface area contributed by atoms with Gasteiger partial charge >= 0.3 is 6.09 Å². The van der Waals surface area contributed by atoms with Crippen molar-refractivity contribution in [1.82, 2.24) is 4.57 Å². The number of aromatic nitrogens is 1. The number of nitrogens with one attached hydrogen (secondary N) is 1. The summed E-state index contributed by atoms with van der Waals surface area (Å²) in [5, 5.41) is 13.3. The van der Waals surface area contributed by atoms with Gasteiger partial charge in [0.15, 0.2) is 9.84 Å². The molecule has 224 valence electrons. The van der Waals surface area contributed by atoms with E-state index in [2.05, 4.69) is 16.0 Å². The van der Waals surface area contributed by atoms with Crippen LogP contribution < -0.4 is 10.1 Å². The molecule has 1 amide bonds. The number of rotatable bonds is 13. The fourth-order valence-electron chi connectivity index (χ4n) is 5.35. The van der Waals surface area contributed by atoms with Crippen molar-refractivity contribution in [2.45, 2.75) is 70.3 Å². The minimum atomic E-state index is -3.36. The Balaban J connectivity index is 1.37. The molecule has 0 radical (unpaired) electrons. The first-order valence-electron chi connectivity index (χ1n) is 14.8. The van der Waals surface area contributed by atoms with Crippen LogP contribution in [0.1, 0.15) is 64.5 Å². The normalized spacial score (nSPS) is 16.8. The number of hydrogen-bond acceptors (Lipinski definition) is 7. The highest BCUT2D eigenvalue weighted by molar-refractivity contribution is 7.92. The Morgan fingerprint density at radius 1 is 1.12 bits per heavy atom. The van der Waals surface area contributed by atoms with Crippen molar-refractivity contribution in [1.29, 1.82) is 5.26 Å². The fraction of sp³-hybridized carbons (Fsp3) is 0.500. The lowest BCUT2D eigenvalue weighted by molar-refractivity contribution is 0.108. The Morgan fingerprint density at radius 3 is 2.48 bits per heavy atom. The summed E-state index contributed by atoms with van der Waals surface area (Å²) in [6.07, 6.45) is 4.77. The molecule has 2 aliphatic rings. The van der Waals surface area contributed by atoms with Crippen LogP contribution in [0, 0.1) is 17.2 Å². The Morgan fingerprint density at radius 2 is 1.86 bits per heavy atom. The van der Waals surface area contributed by atoms with E-state index in [9.17, 15) is 18.5 Å². The zero-order valence-electron chi connectivity index (χ0n) is 24.5. The van der Waals surface area contributed by atoms with E-state index < -0.39 is 21.2 Å². The van der Waals surface area contributed by atoms with Gasteiger partial charge in [0.05, 0.1) is 34.4 Å². The number of benzene rings is 2. The molecule has 1 heterocycles. The molecule has 5 rings (SSSR count). The largest absolute Gasteiger partial charge is 0.492 e. The molecule has 1 aromatic heterocycles.